The van der Waals surface area contributed by atoms with Crippen molar-refractivity contribution in [2.75, 3.05) is 26.7 Å². The summed E-state index contributed by atoms with van der Waals surface area (Å²) >= 11 is 0. The van der Waals surface area contributed by atoms with Crippen molar-refractivity contribution in [3.05, 3.63) is 0 Å². The first-order chi connectivity index (χ1) is 10.8. The molecule has 5 nitrogen and oxygen atoms in total. The van der Waals surface area contributed by atoms with Crippen LogP contribution in [0.25, 0.3) is 0 Å². The molecule has 6 heteroatoms. The number of carbonyl (C=O) groups is 1. The maximum Gasteiger partial charge on any atom is 0.220 e. The molecule has 1 aliphatic rings. The number of guanidine groups is 1. The van der Waals surface area contributed by atoms with Crippen molar-refractivity contribution in [3.63, 3.8) is 0 Å². The van der Waals surface area contributed by atoms with Crippen LogP contribution < -0.4 is 16.0 Å². The molecule has 136 valence electrons. The Bertz CT molecular complexity index is 331. The molecule has 0 saturated heterocycles. The first kappa shape index (κ1) is 22.5. The maximum absolute atomic E-state index is 11.9. The highest BCUT2D eigenvalue weighted by Gasteiger charge is 2.16. The molecule has 1 aliphatic carbocycles. The smallest absolute Gasteiger partial charge is 0.220 e. The van der Waals surface area contributed by atoms with Gasteiger partial charge in [-0.05, 0) is 25.2 Å². The maximum atomic E-state index is 11.9. The molecule has 0 unspecified atom stereocenters. The molecular weight excluding hydrogens is 403 g/mol. The van der Waals surface area contributed by atoms with E-state index in [4.69, 9.17) is 0 Å². The molecule has 0 radical (unpaired) electrons. The summed E-state index contributed by atoms with van der Waals surface area (Å²) in [7, 11) is 1.77. The summed E-state index contributed by atoms with van der Waals surface area (Å²) in [5, 5.41) is 9.52. The predicted molar refractivity (Wildman–Crippen MR) is 109 cm³/mol. The third kappa shape index (κ3) is 11.6. The fraction of sp³-hybridized carbons (Fsp3) is 0.882. The first-order valence-corrected chi connectivity index (χ1v) is 8.97. The minimum atomic E-state index is 0. The zero-order valence-electron chi connectivity index (χ0n) is 14.8. The topological polar surface area (TPSA) is 65.5 Å². The van der Waals surface area contributed by atoms with Crippen LogP contribution in [-0.4, -0.2) is 38.5 Å². The molecule has 3 N–H and O–H groups in total. The van der Waals surface area contributed by atoms with E-state index in [2.05, 4.69) is 27.9 Å². The van der Waals surface area contributed by atoms with Crippen molar-refractivity contribution < 1.29 is 4.79 Å². The second-order valence-electron chi connectivity index (χ2n) is 6.19. The standard InChI is InChI=1S/C17H34N4O.HI/c1-3-4-8-11-20-17(18-2)21-13-12-19-16(22)14-15-9-6-5-7-10-15;/h15H,3-14H2,1-2H3,(H,19,22)(H2,18,20,21);1H. The number of nitrogens with zero attached hydrogens (tertiary/aromatic N) is 1. The summed E-state index contributed by atoms with van der Waals surface area (Å²) in [5.74, 6) is 1.62. The van der Waals surface area contributed by atoms with Gasteiger partial charge >= 0.3 is 0 Å². The Morgan fingerprint density at radius 1 is 1.00 bits per heavy atom. The molecular formula is C17H35IN4O. The lowest BCUT2D eigenvalue weighted by molar-refractivity contribution is -0.122. The van der Waals surface area contributed by atoms with Crippen molar-refractivity contribution in [1.29, 1.82) is 0 Å². The summed E-state index contributed by atoms with van der Waals surface area (Å²) < 4.78 is 0. The first-order valence-electron chi connectivity index (χ1n) is 8.97. The van der Waals surface area contributed by atoms with Crippen LogP contribution in [0.5, 0.6) is 0 Å². The molecule has 0 aromatic carbocycles. The fourth-order valence-corrected chi connectivity index (χ4v) is 2.91. The summed E-state index contributed by atoms with van der Waals surface area (Å²) in [4.78, 5) is 16.1. The van der Waals surface area contributed by atoms with Crippen LogP contribution in [0.15, 0.2) is 4.99 Å². The van der Waals surface area contributed by atoms with Crippen molar-refractivity contribution in [2.45, 2.75) is 64.7 Å². The molecule has 0 bridgehead atoms. The lowest BCUT2D eigenvalue weighted by Crippen LogP contribution is -2.42. The fourth-order valence-electron chi connectivity index (χ4n) is 2.91. The van der Waals surface area contributed by atoms with E-state index in [0.717, 1.165) is 18.9 Å². The van der Waals surface area contributed by atoms with Crippen molar-refractivity contribution in [1.82, 2.24) is 16.0 Å². The van der Waals surface area contributed by atoms with Gasteiger partial charge in [0.2, 0.25) is 5.91 Å². The van der Waals surface area contributed by atoms with Crippen molar-refractivity contribution in [3.8, 4) is 0 Å². The van der Waals surface area contributed by atoms with Gasteiger partial charge in [-0.2, -0.15) is 0 Å². The molecule has 1 fully saturated rings. The zero-order chi connectivity index (χ0) is 16.0. The number of aliphatic imine (C=N–C) groups is 1. The Morgan fingerprint density at radius 3 is 2.30 bits per heavy atom. The quantitative estimate of drug-likeness (QED) is 0.224. The Morgan fingerprint density at radius 2 is 1.65 bits per heavy atom. The van der Waals surface area contributed by atoms with Crippen LogP contribution >= 0.6 is 24.0 Å². The van der Waals surface area contributed by atoms with E-state index in [9.17, 15) is 4.79 Å². The molecule has 0 aromatic heterocycles. The number of halogens is 1. The summed E-state index contributed by atoms with van der Waals surface area (Å²) in [6, 6.07) is 0. The number of hydrogen-bond acceptors (Lipinski definition) is 2. The molecule has 0 aromatic rings. The molecule has 1 amide bonds. The lowest BCUT2D eigenvalue weighted by Gasteiger charge is -2.20. The monoisotopic (exact) mass is 438 g/mol. The molecule has 0 aliphatic heterocycles. The van der Waals surface area contributed by atoms with Gasteiger partial charge in [-0.3, -0.25) is 9.79 Å². The largest absolute Gasteiger partial charge is 0.356 e. The average molecular weight is 438 g/mol. The number of carbonyl (C=O) groups excluding carboxylic acids is 1. The highest BCUT2D eigenvalue weighted by molar-refractivity contribution is 14.0. The van der Waals surface area contributed by atoms with Gasteiger partial charge in [-0.15, -0.1) is 24.0 Å². The van der Waals surface area contributed by atoms with Crippen LogP contribution in [0.3, 0.4) is 0 Å². The van der Waals surface area contributed by atoms with Gasteiger partial charge in [0.1, 0.15) is 0 Å². The van der Waals surface area contributed by atoms with E-state index in [-0.39, 0.29) is 29.9 Å². The minimum absolute atomic E-state index is 0. The molecule has 0 atom stereocenters. The van der Waals surface area contributed by atoms with Crippen LogP contribution in [0.4, 0.5) is 0 Å². The van der Waals surface area contributed by atoms with Crippen LogP contribution in [0, 0.1) is 5.92 Å². The third-order valence-corrected chi connectivity index (χ3v) is 4.23. The normalized spacial score (nSPS) is 15.7. The van der Waals surface area contributed by atoms with Crippen molar-refractivity contribution >= 4 is 35.8 Å². The van der Waals surface area contributed by atoms with Gasteiger partial charge in [0.15, 0.2) is 5.96 Å². The molecule has 1 rings (SSSR count). The van der Waals surface area contributed by atoms with Crippen molar-refractivity contribution in [2.24, 2.45) is 10.9 Å². The number of unbranched alkanes of at least 4 members (excludes halogenated alkanes) is 2. The number of amides is 1. The van der Waals surface area contributed by atoms with E-state index in [1.165, 1.54) is 44.9 Å². The van der Waals surface area contributed by atoms with Gasteiger partial charge in [0.05, 0.1) is 0 Å². The summed E-state index contributed by atoms with van der Waals surface area (Å²) in [6.07, 6.45) is 10.7. The second-order valence-corrected chi connectivity index (χ2v) is 6.19. The van der Waals surface area contributed by atoms with Crippen LogP contribution in [0.2, 0.25) is 0 Å². The number of nitrogens with one attached hydrogen (secondary N) is 3. The van der Waals surface area contributed by atoms with E-state index in [1.807, 2.05) is 0 Å². The number of rotatable bonds is 9. The second kappa shape index (κ2) is 15.0. The Balaban J connectivity index is 0.00000484. The SMILES string of the molecule is CCCCCNC(=NC)NCCNC(=O)CC1CCCCC1.I. The van der Waals surface area contributed by atoms with Crippen LogP contribution in [0.1, 0.15) is 64.7 Å². The summed E-state index contributed by atoms with van der Waals surface area (Å²) in [5.41, 5.74) is 0. The average Bonchev–Trinajstić information content (AvgIpc) is 2.54. The van der Waals surface area contributed by atoms with Gasteiger partial charge in [0.25, 0.3) is 0 Å². The summed E-state index contributed by atoms with van der Waals surface area (Å²) in [6.45, 7) is 4.51. The van der Waals surface area contributed by atoms with Gasteiger partial charge in [-0.1, -0.05) is 39.0 Å². The van der Waals surface area contributed by atoms with Gasteiger partial charge in [0, 0.05) is 33.1 Å². The Hall–Kier alpha value is -0.530. The molecule has 0 spiro atoms. The lowest BCUT2D eigenvalue weighted by atomic mass is 9.87. The molecule has 0 heterocycles. The number of hydrogen-bond donors (Lipinski definition) is 3. The molecule has 23 heavy (non-hydrogen) atoms. The highest BCUT2D eigenvalue weighted by atomic mass is 127. The minimum Gasteiger partial charge on any atom is -0.356 e. The van der Waals surface area contributed by atoms with E-state index >= 15 is 0 Å². The Kier molecular flexibility index (Phi) is 14.7. The van der Waals surface area contributed by atoms with Gasteiger partial charge < -0.3 is 16.0 Å². The molecule has 1 saturated carbocycles. The van der Waals surface area contributed by atoms with E-state index in [0.29, 0.717) is 25.4 Å². The zero-order valence-corrected chi connectivity index (χ0v) is 17.2. The third-order valence-electron chi connectivity index (χ3n) is 4.23. The van der Waals surface area contributed by atoms with E-state index < -0.39 is 0 Å². The highest BCUT2D eigenvalue weighted by Crippen LogP contribution is 2.25. The predicted octanol–water partition coefficient (Wildman–Crippen LogP) is 3.05. The van der Waals surface area contributed by atoms with Gasteiger partial charge in [-0.25, -0.2) is 0 Å². The Labute approximate surface area is 158 Å². The van der Waals surface area contributed by atoms with Crippen LogP contribution in [-0.2, 0) is 4.79 Å². The van der Waals surface area contributed by atoms with E-state index in [1.54, 1.807) is 7.05 Å².